The summed E-state index contributed by atoms with van der Waals surface area (Å²) < 4.78 is 15.4. The number of carbonyl (C=O) groups excluding carboxylic acids is 2. The number of furan rings is 1. The van der Waals surface area contributed by atoms with Gasteiger partial charge in [-0.3, -0.25) is 0 Å². The highest BCUT2D eigenvalue weighted by molar-refractivity contribution is 5.90. The quantitative estimate of drug-likeness (QED) is 0.286. The molecule has 9 nitrogen and oxygen atoms in total. The normalized spacial score (nSPS) is 11.7. The molecule has 0 aliphatic heterocycles. The second-order valence-electron chi connectivity index (χ2n) is 6.72. The molecule has 1 aromatic rings. The van der Waals surface area contributed by atoms with Crippen LogP contribution < -0.4 is 16.0 Å². The summed E-state index contributed by atoms with van der Waals surface area (Å²) in [5.41, 5.74) is -0.139. The van der Waals surface area contributed by atoms with E-state index in [2.05, 4.69) is 20.9 Å². The highest BCUT2D eigenvalue weighted by Crippen LogP contribution is 2.16. The zero-order valence-electron chi connectivity index (χ0n) is 16.9. The molecule has 0 aliphatic carbocycles. The van der Waals surface area contributed by atoms with Crippen LogP contribution in [0.1, 0.15) is 49.6 Å². The number of aliphatic imine (C=N–C) groups is 1. The van der Waals surface area contributed by atoms with Crippen LogP contribution in [0.3, 0.4) is 0 Å². The molecule has 1 aromatic heterocycles. The minimum Gasteiger partial charge on any atom is -0.465 e. The molecular weight excluding hydrogens is 352 g/mol. The van der Waals surface area contributed by atoms with Crippen LogP contribution in [-0.2, 0) is 16.0 Å². The van der Waals surface area contributed by atoms with Gasteiger partial charge in [0.15, 0.2) is 5.96 Å². The van der Waals surface area contributed by atoms with E-state index in [1.54, 1.807) is 13.0 Å². The number of nitrogens with zero attached hydrogens (tertiary/aromatic N) is 1. The summed E-state index contributed by atoms with van der Waals surface area (Å²) in [4.78, 5) is 27.6. The van der Waals surface area contributed by atoms with Gasteiger partial charge in [-0.15, -0.1) is 0 Å². The molecule has 3 N–H and O–H groups in total. The van der Waals surface area contributed by atoms with E-state index in [9.17, 15) is 9.59 Å². The molecule has 0 radical (unpaired) electrons. The number of methoxy groups -OCH3 is 1. The van der Waals surface area contributed by atoms with Crippen molar-refractivity contribution in [2.45, 2.75) is 46.8 Å². The van der Waals surface area contributed by atoms with Crippen molar-refractivity contribution >= 4 is 18.0 Å². The number of hydrogen-bond donors (Lipinski definition) is 3. The van der Waals surface area contributed by atoms with Crippen LogP contribution in [-0.4, -0.2) is 50.4 Å². The first-order chi connectivity index (χ1) is 12.7. The van der Waals surface area contributed by atoms with Crippen LogP contribution in [0.25, 0.3) is 0 Å². The fourth-order valence-electron chi connectivity index (χ4n) is 2.09. The molecule has 9 heteroatoms. The Morgan fingerprint density at radius 3 is 2.44 bits per heavy atom. The topological polar surface area (TPSA) is 114 Å². The Bertz CT molecular complexity index is 661. The Hall–Kier alpha value is -2.71. The summed E-state index contributed by atoms with van der Waals surface area (Å²) in [6.45, 7) is 10.9. The predicted molar refractivity (Wildman–Crippen MR) is 102 cm³/mol. The number of amides is 1. The Kier molecular flexibility index (Phi) is 8.64. The molecule has 0 aliphatic rings. The standard InChI is InChI=1S/C18H30N4O5/c1-7-19-16(20-8-9-21-17(24)27-18(3,4)5)22-11-13-10-14(12(2)26-13)15(23)25-6/h10H,7-9,11H2,1-6H3,(H,21,24)(H2,19,20,22). The third-order valence-electron chi connectivity index (χ3n) is 3.20. The number of guanidine groups is 1. The van der Waals surface area contributed by atoms with Gasteiger partial charge >= 0.3 is 12.1 Å². The van der Waals surface area contributed by atoms with Crippen molar-refractivity contribution in [3.63, 3.8) is 0 Å². The molecule has 0 unspecified atom stereocenters. The molecule has 27 heavy (non-hydrogen) atoms. The second-order valence-corrected chi connectivity index (χ2v) is 6.72. The molecule has 0 saturated heterocycles. The van der Waals surface area contributed by atoms with E-state index in [4.69, 9.17) is 13.9 Å². The predicted octanol–water partition coefficient (Wildman–Crippen LogP) is 1.95. The molecule has 0 atom stereocenters. The third kappa shape index (κ3) is 8.48. The molecule has 1 rings (SSSR count). The number of aryl methyl sites for hydroxylation is 1. The minimum absolute atomic E-state index is 0.257. The van der Waals surface area contributed by atoms with Gasteiger partial charge in [-0.1, -0.05) is 0 Å². The Morgan fingerprint density at radius 1 is 1.19 bits per heavy atom. The van der Waals surface area contributed by atoms with Crippen LogP contribution >= 0.6 is 0 Å². The average Bonchev–Trinajstić information content (AvgIpc) is 2.95. The van der Waals surface area contributed by atoms with Crippen molar-refractivity contribution < 1.29 is 23.5 Å². The van der Waals surface area contributed by atoms with Gasteiger partial charge in [0, 0.05) is 19.6 Å². The van der Waals surface area contributed by atoms with E-state index in [-0.39, 0.29) is 6.54 Å². The maximum absolute atomic E-state index is 11.6. The first-order valence-electron chi connectivity index (χ1n) is 8.83. The average molecular weight is 382 g/mol. The van der Waals surface area contributed by atoms with Crippen LogP contribution in [0.4, 0.5) is 4.79 Å². The van der Waals surface area contributed by atoms with Gasteiger partial charge in [0.25, 0.3) is 0 Å². The largest absolute Gasteiger partial charge is 0.465 e. The van der Waals surface area contributed by atoms with Gasteiger partial charge < -0.3 is 29.8 Å². The van der Waals surface area contributed by atoms with E-state index in [0.717, 1.165) is 0 Å². The summed E-state index contributed by atoms with van der Waals surface area (Å²) >= 11 is 0. The van der Waals surface area contributed by atoms with Crippen LogP contribution in [0, 0.1) is 6.92 Å². The number of nitrogens with one attached hydrogen (secondary N) is 3. The van der Waals surface area contributed by atoms with Crippen LogP contribution in [0.5, 0.6) is 0 Å². The monoisotopic (exact) mass is 382 g/mol. The molecule has 152 valence electrons. The Morgan fingerprint density at radius 2 is 1.85 bits per heavy atom. The summed E-state index contributed by atoms with van der Waals surface area (Å²) in [6, 6.07) is 1.62. The maximum atomic E-state index is 11.6. The lowest BCUT2D eigenvalue weighted by atomic mass is 10.2. The Balaban J connectivity index is 2.53. The molecule has 1 heterocycles. The number of ether oxygens (including phenoxy) is 2. The Labute approximate surface area is 159 Å². The first kappa shape index (κ1) is 22.3. The van der Waals surface area contributed by atoms with Gasteiger partial charge in [0.05, 0.1) is 7.11 Å². The maximum Gasteiger partial charge on any atom is 0.407 e. The third-order valence-corrected chi connectivity index (χ3v) is 3.20. The number of hydrogen-bond acceptors (Lipinski definition) is 6. The molecule has 0 spiro atoms. The lowest BCUT2D eigenvalue weighted by Gasteiger charge is -2.19. The van der Waals surface area contributed by atoms with E-state index in [1.165, 1.54) is 7.11 Å². The van der Waals surface area contributed by atoms with E-state index < -0.39 is 17.7 Å². The second kappa shape index (κ2) is 10.4. The van der Waals surface area contributed by atoms with E-state index >= 15 is 0 Å². The van der Waals surface area contributed by atoms with Crippen molar-refractivity contribution in [3.05, 3.63) is 23.2 Å². The van der Waals surface area contributed by atoms with Gasteiger partial charge in [-0.25, -0.2) is 14.6 Å². The van der Waals surface area contributed by atoms with E-state index in [0.29, 0.717) is 42.7 Å². The minimum atomic E-state index is -0.530. The highest BCUT2D eigenvalue weighted by Gasteiger charge is 2.16. The summed E-state index contributed by atoms with van der Waals surface area (Å²) in [5, 5.41) is 8.86. The van der Waals surface area contributed by atoms with Crippen molar-refractivity contribution in [1.29, 1.82) is 0 Å². The van der Waals surface area contributed by atoms with Crippen molar-refractivity contribution in [1.82, 2.24) is 16.0 Å². The number of alkyl carbamates (subject to hydrolysis) is 1. The van der Waals surface area contributed by atoms with Gasteiger partial charge in [0.1, 0.15) is 29.2 Å². The first-order valence-corrected chi connectivity index (χ1v) is 8.83. The van der Waals surface area contributed by atoms with Crippen LogP contribution in [0.15, 0.2) is 15.5 Å². The van der Waals surface area contributed by atoms with Crippen molar-refractivity contribution in [2.24, 2.45) is 4.99 Å². The molecule has 0 saturated carbocycles. The number of carbonyl (C=O) groups is 2. The summed E-state index contributed by atoms with van der Waals surface area (Å²) in [6.07, 6.45) is -0.465. The van der Waals surface area contributed by atoms with Gasteiger partial charge in [-0.2, -0.15) is 0 Å². The SMILES string of the molecule is CCNC(=NCc1cc(C(=O)OC)c(C)o1)NCCNC(=O)OC(C)(C)C. The number of esters is 1. The molecule has 0 aromatic carbocycles. The molecule has 0 bridgehead atoms. The fraction of sp³-hybridized carbons (Fsp3) is 0.611. The smallest absolute Gasteiger partial charge is 0.407 e. The molecule has 1 amide bonds. The van der Waals surface area contributed by atoms with Gasteiger partial charge in [-0.05, 0) is 40.7 Å². The highest BCUT2D eigenvalue weighted by atomic mass is 16.6. The molecular formula is C18H30N4O5. The molecule has 0 fully saturated rings. The zero-order chi connectivity index (χ0) is 20.4. The lowest BCUT2D eigenvalue weighted by molar-refractivity contribution is 0.0527. The van der Waals surface area contributed by atoms with Crippen LogP contribution in [0.2, 0.25) is 0 Å². The van der Waals surface area contributed by atoms with Crippen molar-refractivity contribution in [3.8, 4) is 0 Å². The fourth-order valence-corrected chi connectivity index (χ4v) is 2.09. The zero-order valence-corrected chi connectivity index (χ0v) is 16.9. The van der Waals surface area contributed by atoms with Crippen molar-refractivity contribution in [2.75, 3.05) is 26.7 Å². The number of rotatable bonds is 7. The summed E-state index contributed by atoms with van der Waals surface area (Å²) in [5.74, 6) is 1.17. The lowest BCUT2D eigenvalue weighted by Crippen LogP contribution is -2.42. The summed E-state index contributed by atoms with van der Waals surface area (Å²) in [7, 11) is 1.32. The van der Waals surface area contributed by atoms with Gasteiger partial charge in [0.2, 0.25) is 0 Å². The van der Waals surface area contributed by atoms with E-state index in [1.807, 2.05) is 27.7 Å².